The lowest BCUT2D eigenvalue weighted by Gasteiger charge is -2.43. The molecule has 0 saturated heterocycles. The molecule has 1 saturated carbocycles. The maximum absolute atomic E-state index is 11.5. The van der Waals surface area contributed by atoms with E-state index in [2.05, 4.69) is 10.2 Å². The van der Waals surface area contributed by atoms with Crippen LogP contribution in [0.1, 0.15) is 18.4 Å². The Bertz CT molecular complexity index is 584. The number of rotatable bonds is 2. The highest BCUT2D eigenvalue weighted by molar-refractivity contribution is 5.91. The third kappa shape index (κ3) is 1.29. The minimum absolute atomic E-state index is 0.0238. The summed E-state index contributed by atoms with van der Waals surface area (Å²) >= 11 is 0. The molecular weight excluding hydrogens is 218 g/mol. The Hall–Kier alpha value is -1.88. The molecule has 1 aliphatic rings. The molecule has 0 spiro atoms. The molecular formula is C12H13N3O2. The molecule has 5 nitrogen and oxygen atoms in total. The summed E-state index contributed by atoms with van der Waals surface area (Å²) in [5, 5.41) is 17.2. The van der Waals surface area contributed by atoms with Gasteiger partial charge in [0.25, 0.3) is 0 Å². The molecule has 4 N–H and O–H groups in total. The molecule has 1 heterocycles. The van der Waals surface area contributed by atoms with Gasteiger partial charge in [-0.15, -0.1) is 0 Å². The Labute approximate surface area is 97.6 Å². The first-order valence-electron chi connectivity index (χ1n) is 5.55. The molecule has 3 rings (SSSR count). The van der Waals surface area contributed by atoms with Crippen molar-refractivity contribution >= 4 is 16.9 Å². The highest BCUT2D eigenvalue weighted by atomic mass is 16.4. The number of benzene rings is 1. The van der Waals surface area contributed by atoms with Crippen LogP contribution in [0.2, 0.25) is 0 Å². The third-order valence-electron chi connectivity index (χ3n) is 3.62. The summed E-state index contributed by atoms with van der Waals surface area (Å²) in [6.07, 6.45) is 2.67. The zero-order valence-electron chi connectivity index (χ0n) is 9.18. The number of aromatic nitrogens is 2. The van der Waals surface area contributed by atoms with Gasteiger partial charge in [0.1, 0.15) is 0 Å². The number of H-pyrrole nitrogens is 1. The summed E-state index contributed by atoms with van der Waals surface area (Å²) in [4.78, 5) is 11.5. The number of fused-ring (bicyclic) bond motifs is 1. The first-order valence-corrected chi connectivity index (χ1v) is 5.55. The Morgan fingerprint density at radius 1 is 1.53 bits per heavy atom. The molecule has 88 valence electrons. The van der Waals surface area contributed by atoms with Gasteiger partial charge in [-0.05, 0) is 18.4 Å². The van der Waals surface area contributed by atoms with Gasteiger partial charge in [-0.3, -0.25) is 9.89 Å². The van der Waals surface area contributed by atoms with Gasteiger partial charge in [-0.25, -0.2) is 0 Å². The van der Waals surface area contributed by atoms with Gasteiger partial charge in [0, 0.05) is 11.4 Å². The normalized spacial score (nSPS) is 27.9. The van der Waals surface area contributed by atoms with Crippen molar-refractivity contribution in [1.29, 1.82) is 0 Å². The fourth-order valence-electron chi connectivity index (χ4n) is 2.71. The SMILES string of the molecule is NC1CC(C(=O)O)(c2cccc3cn[nH]c23)C1. The molecule has 2 aromatic rings. The van der Waals surface area contributed by atoms with Crippen molar-refractivity contribution < 1.29 is 9.90 Å². The number of carbonyl (C=O) groups is 1. The van der Waals surface area contributed by atoms with E-state index in [0.717, 1.165) is 16.5 Å². The second kappa shape index (κ2) is 3.30. The zero-order valence-corrected chi connectivity index (χ0v) is 9.18. The summed E-state index contributed by atoms with van der Waals surface area (Å²) in [6.45, 7) is 0. The topological polar surface area (TPSA) is 92.0 Å². The molecule has 0 amide bonds. The van der Waals surface area contributed by atoms with E-state index >= 15 is 0 Å². The van der Waals surface area contributed by atoms with Crippen molar-refractivity contribution in [3.8, 4) is 0 Å². The monoisotopic (exact) mass is 231 g/mol. The van der Waals surface area contributed by atoms with Crippen LogP contribution in [0.4, 0.5) is 0 Å². The van der Waals surface area contributed by atoms with Gasteiger partial charge in [0.05, 0.1) is 17.1 Å². The first-order chi connectivity index (χ1) is 8.13. The maximum atomic E-state index is 11.5. The van der Waals surface area contributed by atoms with Gasteiger partial charge >= 0.3 is 5.97 Å². The minimum atomic E-state index is -0.842. The molecule has 0 atom stereocenters. The van der Waals surface area contributed by atoms with Gasteiger partial charge in [0.15, 0.2) is 0 Å². The van der Waals surface area contributed by atoms with E-state index in [-0.39, 0.29) is 6.04 Å². The Morgan fingerprint density at radius 3 is 2.94 bits per heavy atom. The number of nitrogens with one attached hydrogen (secondary N) is 1. The van der Waals surface area contributed by atoms with Crippen molar-refractivity contribution in [3.05, 3.63) is 30.0 Å². The highest BCUT2D eigenvalue weighted by Crippen LogP contribution is 2.45. The second-order valence-electron chi connectivity index (χ2n) is 4.70. The fraction of sp³-hybridized carbons (Fsp3) is 0.333. The van der Waals surface area contributed by atoms with Crippen LogP contribution in [0, 0.1) is 0 Å². The first kappa shape index (κ1) is 10.3. The molecule has 1 aliphatic carbocycles. The average molecular weight is 231 g/mol. The van der Waals surface area contributed by atoms with E-state index in [9.17, 15) is 9.90 Å². The largest absolute Gasteiger partial charge is 0.481 e. The lowest BCUT2D eigenvalue weighted by atomic mass is 9.61. The Morgan fingerprint density at radius 2 is 2.29 bits per heavy atom. The van der Waals surface area contributed by atoms with Crippen molar-refractivity contribution in [3.63, 3.8) is 0 Å². The van der Waals surface area contributed by atoms with Gasteiger partial charge in [-0.2, -0.15) is 5.10 Å². The number of hydrogen-bond donors (Lipinski definition) is 3. The number of carboxylic acid groups (broad SMARTS) is 1. The molecule has 0 radical (unpaired) electrons. The predicted octanol–water partition coefficient (Wildman–Crippen LogP) is 1.01. The van der Waals surface area contributed by atoms with E-state index in [0.29, 0.717) is 12.8 Å². The highest BCUT2D eigenvalue weighted by Gasteiger charge is 2.51. The molecule has 1 aromatic carbocycles. The molecule has 1 fully saturated rings. The Balaban J connectivity index is 2.20. The summed E-state index contributed by atoms with van der Waals surface area (Å²) in [5.41, 5.74) is 6.52. The van der Waals surface area contributed by atoms with E-state index < -0.39 is 11.4 Å². The van der Waals surface area contributed by atoms with Crippen molar-refractivity contribution in [2.45, 2.75) is 24.3 Å². The van der Waals surface area contributed by atoms with Crippen LogP contribution in [-0.2, 0) is 10.2 Å². The molecule has 0 unspecified atom stereocenters. The minimum Gasteiger partial charge on any atom is -0.481 e. The molecule has 1 aromatic heterocycles. The van der Waals surface area contributed by atoms with Crippen LogP contribution in [0.15, 0.2) is 24.4 Å². The second-order valence-corrected chi connectivity index (χ2v) is 4.70. The summed E-state index contributed by atoms with van der Waals surface area (Å²) in [7, 11) is 0. The van der Waals surface area contributed by atoms with Gasteiger partial charge in [0.2, 0.25) is 0 Å². The van der Waals surface area contributed by atoms with Crippen molar-refractivity contribution in [2.75, 3.05) is 0 Å². The van der Waals surface area contributed by atoms with Crippen molar-refractivity contribution in [2.24, 2.45) is 5.73 Å². The zero-order chi connectivity index (χ0) is 12.0. The standard InChI is InChI=1S/C12H13N3O2/c13-8-4-12(5-8,11(16)17)9-3-1-2-7-6-14-15-10(7)9/h1-3,6,8H,4-5,13H2,(H,14,15)(H,16,17). The quantitative estimate of drug-likeness (QED) is 0.719. The fourth-order valence-corrected chi connectivity index (χ4v) is 2.71. The number of hydrogen-bond acceptors (Lipinski definition) is 3. The van der Waals surface area contributed by atoms with Gasteiger partial charge in [-0.1, -0.05) is 18.2 Å². The molecule has 5 heteroatoms. The smallest absolute Gasteiger partial charge is 0.314 e. The van der Waals surface area contributed by atoms with Crippen LogP contribution in [0.5, 0.6) is 0 Å². The van der Waals surface area contributed by atoms with Crippen LogP contribution in [-0.4, -0.2) is 27.3 Å². The number of para-hydroxylation sites is 1. The lowest BCUT2D eigenvalue weighted by molar-refractivity contribution is -0.148. The molecule has 17 heavy (non-hydrogen) atoms. The van der Waals surface area contributed by atoms with Gasteiger partial charge < -0.3 is 10.8 Å². The van der Waals surface area contributed by atoms with E-state index in [4.69, 9.17) is 5.73 Å². The summed E-state index contributed by atoms with van der Waals surface area (Å²) < 4.78 is 0. The lowest BCUT2D eigenvalue weighted by Crippen LogP contribution is -2.54. The maximum Gasteiger partial charge on any atom is 0.314 e. The van der Waals surface area contributed by atoms with E-state index in [1.807, 2.05) is 18.2 Å². The van der Waals surface area contributed by atoms with Crippen LogP contribution < -0.4 is 5.73 Å². The summed E-state index contributed by atoms with van der Waals surface area (Å²) in [5.74, 6) is -0.804. The van der Waals surface area contributed by atoms with Crippen LogP contribution in [0.25, 0.3) is 10.9 Å². The van der Waals surface area contributed by atoms with E-state index in [1.165, 1.54) is 0 Å². The Kier molecular flexibility index (Phi) is 2.00. The molecule has 0 aliphatic heterocycles. The molecule has 0 bridgehead atoms. The number of aliphatic carboxylic acids is 1. The summed E-state index contributed by atoms with van der Waals surface area (Å²) in [6, 6.07) is 5.60. The number of nitrogens with zero attached hydrogens (tertiary/aromatic N) is 1. The number of carboxylic acids is 1. The number of aromatic amines is 1. The van der Waals surface area contributed by atoms with E-state index in [1.54, 1.807) is 6.20 Å². The average Bonchev–Trinajstić information content (AvgIpc) is 2.71. The predicted molar refractivity (Wildman–Crippen MR) is 62.6 cm³/mol. The van der Waals surface area contributed by atoms with Crippen LogP contribution in [0.3, 0.4) is 0 Å². The third-order valence-corrected chi connectivity index (χ3v) is 3.62. The van der Waals surface area contributed by atoms with Crippen molar-refractivity contribution in [1.82, 2.24) is 10.2 Å². The number of nitrogens with two attached hydrogens (primary N) is 1. The van der Waals surface area contributed by atoms with Crippen LogP contribution >= 0.6 is 0 Å².